The van der Waals surface area contributed by atoms with Gasteiger partial charge in [0.25, 0.3) is 11.7 Å². The molecule has 0 radical (unpaired) electrons. The molecule has 0 spiro atoms. The molecule has 1 unspecified atom stereocenters. The number of carbonyl (C=O) groups is 2. The number of nitrogens with zero attached hydrogens (tertiary/aromatic N) is 1. The van der Waals surface area contributed by atoms with Gasteiger partial charge in [0.1, 0.15) is 11.6 Å². The van der Waals surface area contributed by atoms with Crippen molar-refractivity contribution in [1.82, 2.24) is 4.90 Å². The van der Waals surface area contributed by atoms with Crippen LogP contribution in [0.2, 0.25) is 10.0 Å². The van der Waals surface area contributed by atoms with Crippen molar-refractivity contribution >= 4 is 40.7 Å². The van der Waals surface area contributed by atoms with E-state index >= 15 is 0 Å². The van der Waals surface area contributed by atoms with E-state index in [1.165, 1.54) is 55.5 Å². The SMILES string of the molecule is CCOc1cc(C2/C(=C(\O)c3cc(Cl)c(OC)c(Cl)c3)C(=O)C(=O)N2Cc2ccc(F)cc2)ccc1OC. The summed E-state index contributed by atoms with van der Waals surface area (Å²) in [6.45, 7) is 2.13. The van der Waals surface area contributed by atoms with E-state index in [-0.39, 0.29) is 33.5 Å². The summed E-state index contributed by atoms with van der Waals surface area (Å²) < 4.78 is 29.8. The number of aliphatic hydroxyl groups excluding tert-OH is 1. The van der Waals surface area contributed by atoms with Crippen molar-refractivity contribution in [2.45, 2.75) is 19.5 Å². The van der Waals surface area contributed by atoms with Gasteiger partial charge in [0, 0.05) is 12.1 Å². The number of hydrogen-bond donors (Lipinski definition) is 1. The fraction of sp³-hybridized carbons (Fsp3) is 0.214. The first-order valence-corrected chi connectivity index (χ1v) is 12.3. The Morgan fingerprint density at radius 3 is 2.21 bits per heavy atom. The molecule has 38 heavy (non-hydrogen) atoms. The molecule has 1 saturated heterocycles. The lowest BCUT2D eigenvalue weighted by molar-refractivity contribution is -0.140. The van der Waals surface area contributed by atoms with Crippen molar-refractivity contribution in [3.05, 3.63) is 92.7 Å². The van der Waals surface area contributed by atoms with Gasteiger partial charge in [0.2, 0.25) is 0 Å². The number of hydrogen-bond acceptors (Lipinski definition) is 6. The van der Waals surface area contributed by atoms with Crippen LogP contribution >= 0.6 is 23.2 Å². The topological polar surface area (TPSA) is 85.3 Å². The Morgan fingerprint density at radius 1 is 0.974 bits per heavy atom. The third-order valence-corrected chi connectivity index (χ3v) is 6.65. The first-order valence-electron chi connectivity index (χ1n) is 11.6. The van der Waals surface area contributed by atoms with Crippen molar-refractivity contribution in [1.29, 1.82) is 0 Å². The first-order chi connectivity index (χ1) is 18.2. The van der Waals surface area contributed by atoms with E-state index in [1.54, 1.807) is 18.2 Å². The van der Waals surface area contributed by atoms with Crippen LogP contribution in [-0.4, -0.2) is 42.5 Å². The van der Waals surface area contributed by atoms with Gasteiger partial charge < -0.3 is 24.2 Å². The number of carbonyl (C=O) groups excluding carboxylic acids is 2. The van der Waals surface area contributed by atoms with Crippen molar-refractivity contribution < 1.29 is 33.3 Å². The molecule has 0 bridgehead atoms. The first kappa shape index (κ1) is 27.3. The van der Waals surface area contributed by atoms with Crippen LogP contribution in [-0.2, 0) is 16.1 Å². The Balaban J connectivity index is 1.91. The fourth-order valence-electron chi connectivity index (χ4n) is 4.35. The quantitative estimate of drug-likeness (QED) is 0.202. The summed E-state index contributed by atoms with van der Waals surface area (Å²) in [6, 6.07) is 12.3. The third-order valence-electron chi connectivity index (χ3n) is 6.09. The molecule has 198 valence electrons. The molecule has 1 N–H and O–H groups in total. The second kappa shape index (κ2) is 11.3. The highest BCUT2D eigenvalue weighted by Crippen LogP contribution is 2.44. The van der Waals surface area contributed by atoms with E-state index in [9.17, 15) is 19.1 Å². The van der Waals surface area contributed by atoms with E-state index < -0.39 is 29.3 Å². The molecule has 1 heterocycles. The number of amides is 1. The number of ketones is 1. The lowest BCUT2D eigenvalue weighted by atomic mass is 9.94. The van der Waals surface area contributed by atoms with E-state index in [0.717, 1.165) is 0 Å². The maximum Gasteiger partial charge on any atom is 0.295 e. The molecule has 1 atom stereocenters. The lowest BCUT2D eigenvalue weighted by Crippen LogP contribution is -2.29. The summed E-state index contributed by atoms with van der Waals surface area (Å²) >= 11 is 12.6. The van der Waals surface area contributed by atoms with Crippen LogP contribution in [0.1, 0.15) is 29.7 Å². The van der Waals surface area contributed by atoms with Crippen molar-refractivity contribution in [3.8, 4) is 17.2 Å². The van der Waals surface area contributed by atoms with Gasteiger partial charge in [-0.2, -0.15) is 0 Å². The number of rotatable bonds is 8. The van der Waals surface area contributed by atoms with Gasteiger partial charge in [-0.3, -0.25) is 9.59 Å². The molecule has 3 aromatic rings. The van der Waals surface area contributed by atoms with Crippen molar-refractivity contribution in [2.75, 3.05) is 20.8 Å². The average molecular weight is 560 g/mol. The van der Waals surface area contributed by atoms with Crippen LogP contribution in [0, 0.1) is 5.82 Å². The highest BCUT2D eigenvalue weighted by Gasteiger charge is 2.46. The number of benzene rings is 3. The van der Waals surface area contributed by atoms with Crippen molar-refractivity contribution in [3.63, 3.8) is 0 Å². The largest absolute Gasteiger partial charge is 0.507 e. The van der Waals surface area contributed by atoms with Crippen LogP contribution in [0.5, 0.6) is 17.2 Å². The van der Waals surface area contributed by atoms with Gasteiger partial charge >= 0.3 is 0 Å². The number of halogens is 3. The van der Waals surface area contributed by atoms with Crippen LogP contribution < -0.4 is 14.2 Å². The van der Waals surface area contributed by atoms with Gasteiger partial charge in [0.15, 0.2) is 17.2 Å². The summed E-state index contributed by atoms with van der Waals surface area (Å²) in [5, 5.41) is 11.6. The number of Topliss-reactive ketones (excluding diaryl/α,β-unsaturated/α-hetero) is 1. The smallest absolute Gasteiger partial charge is 0.295 e. The number of methoxy groups -OCH3 is 2. The molecule has 1 aliphatic rings. The lowest BCUT2D eigenvalue weighted by Gasteiger charge is -2.26. The Morgan fingerprint density at radius 2 is 1.63 bits per heavy atom. The van der Waals surface area contributed by atoms with Gasteiger partial charge in [-0.05, 0) is 54.4 Å². The summed E-state index contributed by atoms with van der Waals surface area (Å²) in [6.07, 6.45) is 0. The van der Waals surface area contributed by atoms with Gasteiger partial charge in [-0.1, -0.05) is 41.4 Å². The Hall–Kier alpha value is -3.75. The molecule has 10 heteroatoms. The second-order valence-electron chi connectivity index (χ2n) is 8.37. The maximum atomic E-state index is 13.5. The minimum atomic E-state index is -1.01. The van der Waals surface area contributed by atoms with Crippen molar-refractivity contribution in [2.24, 2.45) is 0 Å². The minimum absolute atomic E-state index is 0.0214. The molecular weight excluding hydrogens is 536 g/mol. The zero-order valence-electron chi connectivity index (χ0n) is 20.8. The highest BCUT2D eigenvalue weighted by molar-refractivity contribution is 6.46. The summed E-state index contributed by atoms with van der Waals surface area (Å²) in [4.78, 5) is 28.0. The molecular formula is C28H24Cl2FNO6. The predicted molar refractivity (Wildman–Crippen MR) is 141 cm³/mol. The molecule has 3 aromatic carbocycles. The average Bonchev–Trinajstić information content (AvgIpc) is 3.14. The normalized spacial score (nSPS) is 16.6. The molecule has 0 aromatic heterocycles. The van der Waals surface area contributed by atoms with Crippen LogP contribution in [0.15, 0.2) is 60.2 Å². The standard InChI is InChI=1S/C28H24Cl2FNO6/c1-4-38-22-13-16(7-10-21(22)36-2)24-23(25(33)17-11-19(29)27(37-3)20(30)12-17)26(34)28(35)32(24)14-15-5-8-18(31)9-6-15/h5-13,24,33H,4,14H2,1-3H3/b25-23+. The summed E-state index contributed by atoms with van der Waals surface area (Å²) in [7, 11) is 2.89. The van der Waals surface area contributed by atoms with Gasteiger partial charge in [0.05, 0.1) is 42.5 Å². The predicted octanol–water partition coefficient (Wildman–Crippen LogP) is 6.17. The number of aliphatic hydroxyl groups is 1. The number of likely N-dealkylation sites (tertiary alicyclic amines) is 1. The van der Waals surface area contributed by atoms with E-state index in [0.29, 0.717) is 29.2 Å². The van der Waals surface area contributed by atoms with E-state index in [1.807, 2.05) is 6.92 Å². The molecule has 1 amide bonds. The zero-order valence-corrected chi connectivity index (χ0v) is 22.3. The van der Waals surface area contributed by atoms with E-state index in [4.69, 9.17) is 37.4 Å². The molecule has 1 fully saturated rings. The molecule has 0 aliphatic carbocycles. The minimum Gasteiger partial charge on any atom is -0.507 e. The molecule has 4 rings (SSSR count). The summed E-state index contributed by atoms with van der Waals surface area (Å²) in [5.74, 6) is -1.57. The third kappa shape index (κ3) is 5.14. The monoisotopic (exact) mass is 559 g/mol. The van der Waals surface area contributed by atoms with Crippen LogP contribution in [0.4, 0.5) is 4.39 Å². The Labute approximate surface area is 228 Å². The second-order valence-corrected chi connectivity index (χ2v) is 9.18. The molecule has 0 saturated carbocycles. The maximum absolute atomic E-state index is 13.5. The Kier molecular flexibility index (Phi) is 8.14. The Bertz CT molecular complexity index is 1400. The highest BCUT2D eigenvalue weighted by atomic mass is 35.5. The zero-order chi connectivity index (χ0) is 27.6. The van der Waals surface area contributed by atoms with Gasteiger partial charge in [-0.25, -0.2) is 4.39 Å². The van der Waals surface area contributed by atoms with Crippen LogP contribution in [0.25, 0.3) is 5.76 Å². The number of ether oxygens (including phenoxy) is 3. The summed E-state index contributed by atoms with van der Waals surface area (Å²) in [5.41, 5.74) is 1.04. The molecule has 1 aliphatic heterocycles. The molecule has 7 nitrogen and oxygen atoms in total. The van der Waals surface area contributed by atoms with Crippen LogP contribution in [0.3, 0.4) is 0 Å². The van der Waals surface area contributed by atoms with E-state index in [2.05, 4.69) is 0 Å². The fourth-order valence-corrected chi connectivity index (χ4v) is 5.00. The van der Waals surface area contributed by atoms with Gasteiger partial charge in [-0.15, -0.1) is 0 Å².